The summed E-state index contributed by atoms with van der Waals surface area (Å²) in [5, 5.41) is 9.83. The average Bonchev–Trinajstić information content (AvgIpc) is 2.59. The number of piperidine rings is 1. The average molecular weight is 335 g/mol. The van der Waals surface area contributed by atoms with Gasteiger partial charge in [-0.05, 0) is 54.0 Å². The van der Waals surface area contributed by atoms with E-state index in [1.165, 1.54) is 16.7 Å². The van der Waals surface area contributed by atoms with Crippen LogP contribution in [0.2, 0.25) is 0 Å². The first-order valence-electron chi connectivity index (χ1n) is 9.20. The molecule has 0 saturated carbocycles. The molecule has 1 saturated heterocycles. The van der Waals surface area contributed by atoms with E-state index in [1.54, 1.807) is 6.07 Å². The minimum Gasteiger partial charge on any atom is -0.508 e. The van der Waals surface area contributed by atoms with E-state index < -0.39 is 0 Å². The molecule has 0 spiro atoms. The van der Waals surface area contributed by atoms with E-state index in [9.17, 15) is 5.11 Å². The molecule has 1 aliphatic heterocycles. The Balaban J connectivity index is 1.61. The molecule has 0 bridgehead atoms. The van der Waals surface area contributed by atoms with E-state index in [2.05, 4.69) is 61.7 Å². The highest BCUT2D eigenvalue weighted by Crippen LogP contribution is 2.40. The Kier molecular flexibility index (Phi) is 5.29. The molecule has 1 aliphatic rings. The molecule has 2 heteroatoms. The molecule has 0 amide bonds. The van der Waals surface area contributed by atoms with Crippen molar-refractivity contribution >= 4 is 0 Å². The molecule has 0 aliphatic carbocycles. The second kappa shape index (κ2) is 7.45. The number of phenols is 1. The first-order chi connectivity index (χ1) is 12.0. The maximum atomic E-state index is 9.83. The number of likely N-dealkylation sites (tertiary alicyclic amines) is 1. The summed E-state index contributed by atoms with van der Waals surface area (Å²) in [4.78, 5) is 2.53. The van der Waals surface area contributed by atoms with E-state index in [1.807, 2.05) is 12.1 Å². The highest BCUT2D eigenvalue weighted by atomic mass is 16.3. The van der Waals surface area contributed by atoms with Crippen LogP contribution in [0.3, 0.4) is 0 Å². The van der Waals surface area contributed by atoms with Crippen LogP contribution < -0.4 is 0 Å². The fourth-order valence-corrected chi connectivity index (χ4v) is 4.01. The normalized spacial score (nSPS) is 24.2. The Bertz CT molecular complexity index is 724. The number of hydrogen-bond donors (Lipinski definition) is 1. The molecule has 132 valence electrons. The number of benzene rings is 2. The Morgan fingerprint density at radius 1 is 1.20 bits per heavy atom. The SMILES string of the molecule is C=C(Cc1ccccc1)CN1CC[C@@](C)(c2cccc(O)c2)[C@@H](C)C1. The van der Waals surface area contributed by atoms with Crippen LogP contribution >= 0.6 is 0 Å². The zero-order valence-corrected chi connectivity index (χ0v) is 15.4. The molecule has 1 heterocycles. The maximum Gasteiger partial charge on any atom is 0.115 e. The standard InChI is InChI=1S/C23H29NO/c1-18(14-20-8-5-4-6-9-20)16-24-13-12-23(3,19(2)17-24)21-10-7-11-22(25)15-21/h4-11,15,19,25H,1,12-14,16-17H2,2-3H3/t19-,23+/m0/s1. The highest BCUT2D eigenvalue weighted by molar-refractivity contribution is 5.34. The molecule has 2 aromatic rings. The Hall–Kier alpha value is -2.06. The van der Waals surface area contributed by atoms with Gasteiger partial charge in [0.2, 0.25) is 0 Å². The van der Waals surface area contributed by atoms with Gasteiger partial charge in [-0.15, -0.1) is 0 Å². The van der Waals surface area contributed by atoms with Crippen LogP contribution in [-0.4, -0.2) is 29.6 Å². The fourth-order valence-electron chi connectivity index (χ4n) is 4.01. The van der Waals surface area contributed by atoms with E-state index in [0.29, 0.717) is 11.7 Å². The molecule has 0 unspecified atom stereocenters. The number of hydrogen-bond acceptors (Lipinski definition) is 2. The zero-order chi connectivity index (χ0) is 17.9. The maximum absolute atomic E-state index is 9.83. The third-order valence-corrected chi connectivity index (χ3v) is 5.82. The molecule has 25 heavy (non-hydrogen) atoms. The van der Waals surface area contributed by atoms with Crippen LogP contribution in [0.15, 0.2) is 66.7 Å². The first-order valence-corrected chi connectivity index (χ1v) is 9.20. The molecule has 0 radical (unpaired) electrons. The van der Waals surface area contributed by atoms with E-state index in [0.717, 1.165) is 32.5 Å². The summed E-state index contributed by atoms with van der Waals surface area (Å²) in [6, 6.07) is 18.4. The van der Waals surface area contributed by atoms with Crippen LogP contribution in [-0.2, 0) is 11.8 Å². The molecular weight excluding hydrogens is 306 g/mol. The van der Waals surface area contributed by atoms with Crippen LogP contribution in [0.25, 0.3) is 0 Å². The minimum atomic E-state index is 0.121. The van der Waals surface area contributed by atoms with Gasteiger partial charge in [0.15, 0.2) is 0 Å². The Morgan fingerprint density at radius 2 is 1.96 bits per heavy atom. The van der Waals surface area contributed by atoms with Crippen molar-refractivity contribution in [2.24, 2.45) is 5.92 Å². The number of rotatable bonds is 5. The second-order valence-corrected chi connectivity index (χ2v) is 7.77. The lowest BCUT2D eigenvalue weighted by molar-refractivity contribution is 0.119. The van der Waals surface area contributed by atoms with E-state index >= 15 is 0 Å². The Labute approximate surface area is 151 Å². The second-order valence-electron chi connectivity index (χ2n) is 7.77. The monoisotopic (exact) mass is 335 g/mol. The third-order valence-electron chi connectivity index (χ3n) is 5.82. The van der Waals surface area contributed by atoms with Gasteiger partial charge in [0, 0.05) is 13.1 Å². The highest BCUT2D eigenvalue weighted by Gasteiger charge is 2.38. The smallest absolute Gasteiger partial charge is 0.115 e. The molecule has 2 atom stereocenters. The molecule has 1 fully saturated rings. The molecule has 3 rings (SSSR count). The van der Waals surface area contributed by atoms with E-state index in [-0.39, 0.29) is 5.41 Å². The van der Waals surface area contributed by atoms with Crippen LogP contribution in [0.1, 0.15) is 31.4 Å². The van der Waals surface area contributed by atoms with Gasteiger partial charge in [0.05, 0.1) is 0 Å². The third kappa shape index (κ3) is 4.13. The first kappa shape index (κ1) is 17.8. The van der Waals surface area contributed by atoms with Crippen LogP contribution in [0.5, 0.6) is 5.75 Å². The summed E-state index contributed by atoms with van der Waals surface area (Å²) in [5.74, 6) is 0.900. The van der Waals surface area contributed by atoms with Gasteiger partial charge < -0.3 is 5.11 Å². The molecule has 1 N–H and O–H groups in total. The summed E-state index contributed by atoms with van der Waals surface area (Å²) in [6.45, 7) is 12.1. The molecule has 2 aromatic carbocycles. The van der Waals surface area contributed by atoms with Crippen molar-refractivity contribution in [2.75, 3.05) is 19.6 Å². The van der Waals surface area contributed by atoms with Crippen molar-refractivity contribution in [3.8, 4) is 5.75 Å². The van der Waals surface area contributed by atoms with Gasteiger partial charge in [0.25, 0.3) is 0 Å². The lowest BCUT2D eigenvalue weighted by Gasteiger charge is -2.45. The minimum absolute atomic E-state index is 0.121. The summed E-state index contributed by atoms with van der Waals surface area (Å²) in [6.07, 6.45) is 2.06. The van der Waals surface area contributed by atoms with Crippen molar-refractivity contribution in [3.63, 3.8) is 0 Å². The van der Waals surface area contributed by atoms with Crippen molar-refractivity contribution < 1.29 is 5.11 Å². The number of nitrogens with zero attached hydrogens (tertiary/aromatic N) is 1. The van der Waals surface area contributed by atoms with Crippen molar-refractivity contribution in [2.45, 2.75) is 32.1 Å². The van der Waals surface area contributed by atoms with Crippen molar-refractivity contribution in [3.05, 3.63) is 77.9 Å². The molecule has 0 aromatic heterocycles. The fraction of sp³-hybridized carbons (Fsp3) is 0.391. The van der Waals surface area contributed by atoms with Crippen molar-refractivity contribution in [1.29, 1.82) is 0 Å². The van der Waals surface area contributed by atoms with Gasteiger partial charge in [-0.3, -0.25) is 4.90 Å². The summed E-state index contributed by atoms with van der Waals surface area (Å²) in [7, 11) is 0. The lowest BCUT2D eigenvalue weighted by Crippen LogP contribution is -2.47. The largest absolute Gasteiger partial charge is 0.508 e. The van der Waals surface area contributed by atoms with Gasteiger partial charge >= 0.3 is 0 Å². The number of phenolic OH excluding ortho intramolecular Hbond substituents is 1. The van der Waals surface area contributed by atoms with Crippen LogP contribution in [0.4, 0.5) is 0 Å². The topological polar surface area (TPSA) is 23.5 Å². The number of aromatic hydroxyl groups is 1. The quantitative estimate of drug-likeness (QED) is 0.794. The van der Waals surface area contributed by atoms with Gasteiger partial charge in [-0.25, -0.2) is 0 Å². The summed E-state index contributed by atoms with van der Waals surface area (Å²) < 4.78 is 0. The van der Waals surface area contributed by atoms with Crippen LogP contribution in [0, 0.1) is 5.92 Å². The van der Waals surface area contributed by atoms with Gasteiger partial charge in [-0.2, -0.15) is 0 Å². The van der Waals surface area contributed by atoms with Crippen molar-refractivity contribution in [1.82, 2.24) is 4.90 Å². The summed E-state index contributed by atoms with van der Waals surface area (Å²) in [5.41, 5.74) is 3.99. The lowest BCUT2D eigenvalue weighted by atomic mass is 9.68. The van der Waals surface area contributed by atoms with Gasteiger partial charge in [0.1, 0.15) is 5.75 Å². The zero-order valence-electron chi connectivity index (χ0n) is 15.4. The molecule has 2 nitrogen and oxygen atoms in total. The summed E-state index contributed by atoms with van der Waals surface area (Å²) >= 11 is 0. The predicted molar refractivity (Wildman–Crippen MR) is 105 cm³/mol. The van der Waals surface area contributed by atoms with E-state index in [4.69, 9.17) is 0 Å². The Morgan fingerprint density at radius 3 is 2.64 bits per heavy atom. The molecular formula is C23H29NO. The van der Waals surface area contributed by atoms with Gasteiger partial charge in [-0.1, -0.05) is 68.5 Å². The predicted octanol–water partition coefficient (Wildman–Crippen LogP) is 4.79.